The van der Waals surface area contributed by atoms with Crippen LogP contribution in [0.25, 0.3) is 5.69 Å². The van der Waals surface area contributed by atoms with Crippen molar-refractivity contribution in [2.24, 2.45) is 0 Å². The number of nitrogens with zero attached hydrogens (tertiary/aromatic N) is 3. The molecule has 1 unspecified atom stereocenters. The number of hydrogen-bond acceptors (Lipinski definition) is 6. The Bertz CT molecular complexity index is 1090. The second-order valence-electron chi connectivity index (χ2n) is 7.22. The lowest BCUT2D eigenvalue weighted by molar-refractivity contribution is 0.292. The van der Waals surface area contributed by atoms with Crippen LogP contribution in [0.3, 0.4) is 0 Å². The van der Waals surface area contributed by atoms with Crippen LogP contribution in [-0.4, -0.2) is 39.9 Å². The second kappa shape index (κ2) is 8.20. The summed E-state index contributed by atoms with van der Waals surface area (Å²) in [5.74, 6) is 1.88. The van der Waals surface area contributed by atoms with Crippen molar-refractivity contribution in [3.8, 4) is 11.4 Å². The van der Waals surface area contributed by atoms with Gasteiger partial charge in [0.1, 0.15) is 12.4 Å². The summed E-state index contributed by atoms with van der Waals surface area (Å²) in [7, 11) is -2.95. The molecule has 2 aromatic carbocycles. The molecule has 3 aromatic rings. The lowest BCUT2D eigenvalue weighted by atomic mass is 10.1. The molecule has 1 aliphatic heterocycles. The second-order valence-corrected chi connectivity index (χ2v) is 10.7. The quantitative estimate of drug-likeness (QED) is 0.594. The maximum absolute atomic E-state index is 11.9. The van der Waals surface area contributed by atoms with Crippen LogP contribution in [-0.2, 0) is 16.4 Å². The van der Waals surface area contributed by atoms with Crippen LogP contribution in [0.1, 0.15) is 23.4 Å². The molecule has 0 bridgehead atoms. The molecule has 1 aromatic heterocycles. The monoisotopic (exact) mass is 429 g/mol. The van der Waals surface area contributed by atoms with Gasteiger partial charge in [-0.05, 0) is 43.5 Å². The van der Waals surface area contributed by atoms with Gasteiger partial charge in [0.05, 0.1) is 17.2 Å². The Hall–Kier alpha value is -2.32. The van der Waals surface area contributed by atoms with Gasteiger partial charge in [-0.2, -0.15) is 0 Å². The van der Waals surface area contributed by atoms with Crippen molar-refractivity contribution in [3.63, 3.8) is 0 Å². The van der Waals surface area contributed by atoms with Crippen LogP contribution < -0.4 is 4.74 Å². The van der Waals surface area contributed by atoms with Crippen LogP contribution in [0.2, 0.25) is 0 Å². The third-order valence-corrected chi connectivity index (χ3v) is 8.13. The predicted octanol–water partition coefficient (Wildman–Crippen LogP) is 3.74. The van der Waals surface area contributed by atoms with Gasteiger partial charge in [0.25, 0.3) is 0 Å². The molecule has 0 amide bonds. The van der Waals surface area contributed by atoms with Crippen molar-refractivity contribution in [1.82, 2.24) is 14.8 Å². The highest BCUT2D eigenvalue weighted by Crippen LogP contribution is 2.33. The molecule has 0 saturated carbocycles. The molecule has 6 nitrogen and oxygen atoms in total. The summed E-state index contributed by atoms with van der Waals surface area (Å²) in [5, 5.41) is 9.49. The smallest absolute Gasteiger partial charge is 0.196 e. The van der Waals surface area contributed by atoms with Crippen LogP contribution >= 0.6 is 11.8 Å². The maximum Gasteiger partial charge on any atom is 0.196 e. The van der Waals surface area contributed by atoms with E-state index < -0.39 is 9.84 Å². The summed E-state index contributed by atoms with van der Waals surface area (Å²) in [6, 6.07) is 15.7. The van der Waals surface area contributed by atoms with E-state index in [0.717, 1.165) is 22.6 Å². The average molecular weight is 430 g/mol. The summed E-state index contributed by atoms with van der Waals surface area (Å²) in [5.41, 5.74) is 3.23. The molecule has 1 atom stereocenters. The highest BCUT2D eigenvalue weighted by atomic mass is 32.2. The molecule has 0 spiro atoms. The van der Waals surface area contributed by atoms with Gasteiger partial charge in [-0.25, -0.2) is 8.42 Å². The molecule has 4 rings (SSSR count). The minimum atomic E-state index is -2.95. The SMILES string of the molecule is Cc1cccc(C)c1-n1c(COc2ccccc2)nnc1SC1CCS(=O)(=O)C1. The van der Waals surface area contributed by atoms with E-state index in [2.05, 4.69) is 36.2 Å². The molecule has 0 N–H and O–H groups in total. The van der Waals surface area contributed by atoms with E-state index in [4.69, 9.17) is 4.74 Å². The third kappa shape index (κ3) is 4.48. The molecule has 0 aliphatic carbocycles. The number of thioether (sulfide) groups is 1. The summed E-state index contributed by atoms with van der Waals surface area (Å²) < 4.78 is 31.7. The van der Waals surface area contributed by atoms with E-state index >= 15 is 0 Å². The number of aryl methyl sites for hydroxylation is 2. The first-order chi connectivity index (χ1) is 13.9. The Balaban J connectivity index is 1.69. The van der Waals surface area contributed by atoms with Gasteiger partial charge in [0.15, 0.2) is 20.8 Å². The number of ether oxygens (including phenoxy) is 1. The molecule has 0 radical (unpaired) electrons. The molecule has 152 valence electrons. The zero-order valence-electron chi connectivity index (χ0n) is 16.4. The fourth-order valence-electron chi connectivity index (χ4n) is 3.52. The number of para-hydroxylation sites is 2. The van der Waals surface area contributed by atoms with Gasteiger partial charge < -0.3 is 4.74 Å². The van der Waals surface area contributed by atoms with Crippen molar-refractivity contribution in [1.29, 1.82) is 0 Å². The largest absolute Gasteiger partial charge is 0.486 e. The molecule has 1 saturated heterocycles. The van der Waals surface area contributed by atoms with Crippen LogP contribution in [0, 0.1) is 13.8 Å². The number of rotatable bonds is 6. The molecular formula is C21H23N3O3S2. The van der Waals surface area contributed by atoms with Gasteiger partial charge in [0.2, 0.25) is 0 Å². The van der Waals surface area contributed by atoms with E-state index in [1.807, 2.05) is 41.0 Å². The van der Waals surface area contributed by atoms with E-state index in [-0.39, 0.29) is 23.4 Å². The normalized spacial score (nSPS) is 18.1. The van der Waals surface area contributed by atoms with Crippen molar-refractivity contribution in [3.05, 3.63) is 65.5 Å². The highest BCUT2D eigenvalue weighted by molar-refractivity contribution is 8.01. The highest BCUT2D eigenvalue weighted by Gasteiger charge is 2.31. The minimum absolute atomic E-state index is 0.00448. The van der Waals surface area contributed by atoms with Crippen molar-refractivity contribution >= 4 is 21.6 Å². The summed E-state index contributed by atoms with van der Waals surface area (Å²) in [6.45, 7) is 4.38. The van der Waals surface area contributed by atoms with E-state index in [0.29, 0.717) is 17.4 Å². The number of benzene rings is 2. The Morgan fingerprint density at radius 2 is 1.79 bits per heavy atom. The third-order valence-electron chi connectivity index (χ3n) is 4.94. The number of hydrogen-bond donors (Lipinski definition) is 0. The van der Waals surface area contributed by atoms with Crippen molar-refractivity contribution in [2.75, 3.05) is 11.5 Å². The standard InChI is InChI=1S/C21H23N3O3S2/c1-15-7-6-8-16(2)20(15)24-19(13-27-17-9-4-3-5-10-17)22-23-21(24)28-18-11-12-29(25,26)14-18/h3-10,18H,11-14H2,1-2H3. The molecular weight excluding hydrogens is 406 g/mol. The van der Waals surface area contributed by atoms with Gasteiger partial charge in [0, 0.05) is 5.25 Å². The molecule has 1 aliphatic rings. The van der Waals surface area contributed by atoms with E-state index in [1.165, 1.54) is 11.8 Å². The lowest BCUT2D eigenvalue weighted by Gasteiger charge is -2.17. The summed E-state index contributed by atoms with van der Waals surface area (Å²) in [4.78, 5) is 0. The zero-order valence-corrected chi connectivity index (χ0v) is 18.0. The van der Waals surface area contributed by atoms with Crippen molar-refractivity contribution in [2.45, 2.75) is 37.3 Å². The average Bonchev–Trinajstić information content (AvgIpc) is 3.24. The Labute approximate surface area is 175 Å². The minimum Gasteiger partial charge on any atom is -0.486 e. The molecule has 2 heterocycles. The first-order valence-electron chi connectivity index (χ1n) is 9.49. The summed E-state index contributed by atoms with van der Waals surface area (Å²) >= 11 is 1.49. The Kier molecular flexibility index (Phi) is 5.65. The topological polar surface area (TPSA) is 74.1 Å². The zero-order chi connectivity index (χ0) is 20.4. The van der Waals surface area contributed by atoms with Crippen LogP contribution in [0.4, 0.5) is 0 Å². The predicted molar refractivity (Wildman–Crippen MR) is 115 cm³/mol. The van der Waals surface area contributed by atoms with Crippen molar-refractivity contribution < 1.29 is 13.2 Å². The van der Waals surface area contributed by atoms with E-state index in [9.17, 15) is 8.42 Å². The fourth-order valence-corrected chi connectivity index (χ4v) is 7.03. The first-order valence-corrected chi connectivity index (χ1v) is 12.2. The number of aromatic nitrogens is 3. The number of sulfone groups is 1. The molecule has 8 heteroatoms. The fraction of sp³-hybridized carbons (Fsp3) is 0.333. The first kappa shape index (κ1) is 20.0. The maximum atomic E-state index is 11.9. The van der Waals surface area contributed by atoms with Crippen LogP contribution in [0.15, 0.2) is 53.7 Å². The van der Waals surface area contributed by atoms with Gasteiger partial charge in [-0.15, -0.1) is 10.2 Å². The van der Waals surface area contributed by atoms with Gasteiger partial charge in [-0.3, -0.25) is 4.57 Å². The van der Waals surface area contributed by atoms with Gasteiger partial charge in [-0.1, -0.05) is 48.2 Å². The molecule has 1 fully saturated rings. The lowest BCUT2D eigenvalue weighted by Crippen LogP contribution is -2.11. The molecule has 29 heavy (non-hydrogen) atoms. The Morgan fingerprint density at radius 3 is 2.45 bits per heavy atom. The Morgan fingerprint density at radius 1 is 1.07 bits per heavy atom. The summed E-state index contributed by atoms with van der Waals surface area (Å²) in [6.07, 6.45) is 0.641. The van der Waals surface area contributed by atoms with E-state index in [1.54, 1.807) is 0 Å². The van der Waals surface area contributed by atoms with Crippen LogP contribution in [0.5, 0.6) is 5.75 Å². The van der Waals surface area contributed by atoms with Gasteiger partial charge >= 0.3 is 0 Å².